The lowest BCUT2D eigenvalue weighted by Crippen LogP contribution is -2.35. The Balaban J connectivity index is 2.15. The molecule has 0 bridgehead atoms. The summed E-state index contributed by atoms with van der Waals surface area (Å²) in [6.07, 6.45) is 2.66. The molecular formula is C16H25NO. The van der Waals surface area contributed by atoms with Crippen molar-refractivity contribution >= 4 is 0 Å². The summed E-state index contributed by atoms with van der Waals surface area (Å²) in [4.78, 5) is 0. The van der Waals surface area contributed by atoms with Crippen molar-refractivity contribution in [2.45, 2.75) is 45.8 Å². The molecule has 0 aliphatic carbocycles. The third-order valence-corrected chi connectivity index (χ3v) is 3.82. The van der Waals surface area contributed by atoms with Crippen molar-refractivity contribution in [3.63, 3.8) is 0 Å². The van der Waals surface area contributed by atoms with Crippen molar-refractivity contribution < 1.29 is 4.74 Å². The molecule has 2 rings (SSSR count). The quantitative estimate of drug-likeness (QED) is 0.860. The fourth-order valence-corrected chi connectivity index (χ4v) is 2.64. The van der Waals surface area contributed by atoms with E-state index < -0.39 is 0 Å². The molecule has 1 aromatic rings. The molecule has 1 N–H and O–H groups in total. The first-order valence-corrected chi connectivity index (χ1v) is 7.14. The Morgan fingerprint density at radius 1 is 1.33 bits per heavy atom. The van der Waals surface area contributed by atoms with Crippen LogP contribution < -0.4 is 5.32 Å². The molecule has 100 valence electrons. The van der Waals surface area contributed by atoms with E-state index in [-0.39, 0.29) is 0 Å². The van der Waals surface area contributed by atoms with Crippen molar-refractivity contribution in [3.8, 4) is 0 Å². The van der Waals surface area contributed by atoms with Crippen LogP contribution in [0.1, 0.15) is 43.9 Å². The number of ether oxygens (including phenoxy) is 1. The van der Waals surface area contributed by atoms with Gasteiger partial charge in [-0.3, -0.25) is 0 Å². The third kappa shape index (κ3) is 3.12. The Hall–Kier alpha value is -0.860. The molecule has 3 atom stereocenters. The number of benzene rings is 1. The van der Waals surface area contributed by atoms with E-state index in [2.05, 4.69) is 50.4 Å². The molecule has 2 nitrogen and oxygen atoms in total. The van der Waals surface area contributed by atoms with Crippen molar-refractivity contribution in [2.75, 3.05) is 13.2 Å². The van der Waals surface area contributed by atoms with E-state index in [1.54, 1.807) is 0 Å². The maximum Gasteiger partial charge on any atom is 0.0795 e. The summed E-state index contributed by atoms with van der Waals surface area (Å²) >= 11 is 0. The van der Waals surface area contributed by atoms with Crippen molar-refractivity contribution in [1.29, 1.82) is 0 Å². The summed E-state index contributed by atoms with van der Waals surface area (Å²) in [5.41, 5.74) is 2.67. The zero-order chi connectivity index (χ0) is 13.0. The van der Waals surface area contributed by atoms with Crippen LogP contribution in [0.2, 0.25) is 0 Å². The van der Waals surface area contributed by atoms with Gasteiger partial charge in [0.1, 0.15) is 0 Å². The van der Waals surface area contributed by atoms with Gasteiger partial charge in [-0.05, 0) is 37.8 Å². The standard InChI is InChI=1S/C16H25NO/c1-4-10-17-15(16-13(3)9-11-18-16)14-7-5-12(2)6-8-14/h5-8,13,15-17H,4,9-11H2,1-3H3. The van der Waals surface area contributed by atoms with Crippen molar-refractivity contribution in [2.24, 2.45) is 5.92 Å². The van der Waals surface area contributed by atoms with E-state index >= 15 is 0 Å². The third-order valence-electron chi connectivity index (χ3n) is 3.82. The van der Waals surface area contributed by atoms with E-state index in [9.17, 15) is 0 Å². The molecule has 1 aromatic carbocycles. The normalized spacial score (nSPS) is 25.3. The lowest BCUT2D eigenvalue weighted by atomic mass is 9.92. The molecule has 0 aromatic heterocycles. The molecule has 1 aliphatic heterocycles. The highest BCUT2D eigenvalue weighted by molar-refractivity contribution is 5.25. The zero-order valence-electron chi connectivity index (χ0n) is 11.8. The fourth-order valence-electron chi connectivity index (χ4n) is 2.64. The Morgan fingerprint density at radius 3 is 2.61 bits per heavy atom. The maximum absolute atomic E-state index is 5.95. The molecule has 2 heteroatoms. The first-order valence-electron chi connectivity index (χ1n) is 7.14. The highest BCUT2D eigenvalue weighted by Gasteiger charge is 2.32. The van der Waals surface area contributed by atoms with Crippen LogP contribution in [0.5, 0.6) is 0 Å². The van der Waals surface area contributed by atoms with Gasteiger partial charge in [0.05, 0.1) is 12.1 Å². The van der Waals surface area contributed by atoms with Crippen LogP contribution in [0.4, 0.5) is 0 Å². The molecule has 1 fully saturated rings. The van der Waals surface area contributed by atoms with E-state index in [0.717, 1.165) is 19.6 Å². The van der Waals surface area contributed by atoms with Gasteiger partial charge in [0, 0.05) is 6.61 Å². The SMILES string of the molecule is CCCNC(c1ccc(C)cc1)C1OCCC1C. The summed E-state index contributed by atoms with van der Waals surface area (Å²) in [5, 5.41) is 3.65. The van der Waals surface area contributed by atoms with Crippen LogP contribution in [0, 0.1) is 12.8 Å². The molecule has 1 aliphatic rings. The predicted molar refractivity (Wildman–Crippen MR) is 75.7 cm³/mol. The second-order valence-electron chi connectivity index (χ2n) is 5.44. The van der Waals surface area contributed by atoms with E-state index in [4.69, 9.17) is 4.74 Å². The van der Waals surface area contributed by atoms with Gasteiger partial charge in [-0.2, -0.15) is 0 Å². The number of rotatable bonds is 5. The molecule has 1 saturated heterocycles. The summed E-state index contributed by atoms with van der Waals surface area (Å²) in [7, 11) is 0. The number of hydrogen-bond acceptors (Lipinski definition) is 2. The van der Waals surface area contributed by atoms with E-state index in [1.165, 1.54) is 17.5 Å². The molecule has 0 spiro atoms. The largest absolute Gasteiger partial charge is 0.376 e. The predicted octanol–water partition coefficient (Wildman–Crippen LogP) is 3.46. The van der Waals surface area contributed by atoms with Crippen LogP contribution in [-0.4, -0.2) is 19.3 Å². The van der Waals surface area contributed by atoms with Crippen LogP contribution in [0.3, 0.4) is 0 Å². The summed E-state index contributed by atoms with van der Waals surface area (Å²) < 4.78 is 5.95. The lowest BCUT2D eigenvalue weighted by molar-refractivity contribution is 0.0607. The van der Waals surface area contributed by atoms with Gasteiger partial charge in [-0.25, -0.2) is 0 Å². The van der Waals surface area contributed by atoms with Gasteiger partial charge in [0.25, 0.3) is 0 Å². The Kier molecular flexibility index (Phi) is 4.79. The van der Waals surface area contributed by atoms with Gasteiger partial charge < -0.3 is 10.1 Å². The van der Waals surface area contributed by atoms with Crippen LogP contribution in [0.15, 0.2) is 24.3 Å². The highest BCUT2D eigenvalue weighted by atomic mass is 16.5. The fraction of sp³-hybridized carbons (Fsp3) is 0.625. The molecule has 0 radical (unpaired) electrons. The number of hydrogen-bond donors (Lipinski definition) is 1. The lowest BCUT2D eigenvalue weighted by Gasteiger charge is -2.27. The topological polar surface area (TPSA) is 21.3 Å². The minimum Gasteiger partial charge on any atom is -0.376 e. The van der Waals surface area contributed by atoms with Crippen molar-refractivity contribution in [3.05, 3.63) is 35.4 Å². The average molecular weight is 247 g/mol. The van der Waals surface area contributed by atoms with Gasteiger partial charge >= 0.3 is 0 Å². The smallest absolute Gasteiger partial charge is 0.0795 e. The highest BCUT2D eigenvalue weighted by Crippen LogP contribution is 2.31. The van der Waals surface area contributed by atoms with Gasteiger partial charge in [-0.1, -0.05) is 43.7 Å². The van der Waals surface area contributed by atoms with Crippen molar-refractivity contribution in [1.82, 2.24) is 5.32 Å². The Bertz CT molecular complexity index is 360. The first kappa shape index (κ1) is 13.6. The number of aryl methyl sites for hydroxylation is 1. The zero-order valence-corrected chi connectivity index (χ0v) is 11.8. The monoisotopic (exact) mass is 247 g/mol. The summed E-state index contributed by atoms with van der Waals surface area (Å²) in [5.74, 6) is 0.639. The van der Waals surface area contributed by atoms with E-state index in [0.29, 0.717) is 18.1 Å². The molecule has 1 heterocycles. The minimum atomic E-state index is 0.319. The summed E-state index contributed by atoms with van der Waals surface area (Å²) in [6.45, 7) is 8.59. The molecule has 0 amide bonds. The minimum absolute atomic E-state index is 0.319. The molecular weight excluding hydrogens is 222 g/mol. The second kappa shape index (κ2) is 6.35. The van der Waals surface area contributed by atoms with Crippen LogP contribution in [-0.2, 0) is 4.74 Å². The molecule has 0 saturated carbocycles. The number of nitrogens with one attached hydrogen (secondary N) is 1. The first-order chi connectivity index (χ1) is 8.72. The second-order valence-corrected chi connectivity index (χ2v) is 5.44. The van der Waals surface area contributed by atoms with Gasteiger partial charge in [0.15, 0.2) is 0 Å². The molecule has 18 heavy (non-hydrogen) atoms. The maximum atomic E-state index is 5.95. The average Bonchev–Trinajstić information content (AvgIpc) is 2.78. The van der Waals surface area contributed by atoms with Crippen LogP contribution >= 0.6 is 0 Å². The van der Waals surface area contributed by atoms with Gasteiger partial charge in [0.2, 0.25) is 0 Å². The Morgan fingerprint density at radius 2 is 2.06 bits per heavy atom. The molecule has 3 unspecified atom stereocenters. The van der Waals surface area contributed by atoms with E-state index in [1.807, 2.05) is 0 Å². The summed E-state index contributed by atoms with van der Waals surface area (Å²) in [6, 6.07) is 9.18. The van der Waals surface area contributed by atoms with Gasteiger partial charge in [-0.15, -0.1) is 0 Å². The Labute approximate surface area is 111 Å². The van der Waals surface area contributed by atoms with Crippen LogP contribution in [0.25, 0.3) is 0 Å².